The van der Waals surface area contributed by atoms with Gasteiger partial charge >= 0.3 is 5.97 Å². The number of esters is 1. The third-order valence-corrected chi connectivity index (χ3v) is 10.8. The molecule has 196 valence electrons. The molecule has 0 aromatic carbocycles. The Hall–Kier alpha value is -2.26. The summed E-state index contributed by atoms with van der Waals surface area (Å²) in [4.78, 5) is 40.9. The van der Waals surface area contributed by atoms with Crippen LogP contribution in [0.3, 0.4) is 0 Å². The average Bonchev–Trinajstić information content (AvgIpc) is 3.21. The normalized spacial score (nSPS) is 40.0. The van der Waals surface area contributed by atoms with Crippen LogP contribution in [0.15, 0.2) is 36.0 Å². The number of carbonyl (C=O) groups excluding carboxylic acids is 2. The third kappa shape index (κ3) is 4.18. The van der Waals surface area contributed by atoms with Gasteiger partial charge in [0.15, 0.2) is 0 Å². The Bertz CT molecular complexity index is 1060. The lowest BCUT2D eigenvalue weighted by Crippen LogP contribution is -2.63. The predicted octanol–water partition coefficient (Wildman–Crippen LogP) is 4.99. The van der Waals surface area contributed by atoms with E-state index in [2.05, 4.69) is 32.3 Å². The number of ketones is 1. The molecule has 0 saturated heterocycles. The molecule has 0 amide bonds. The van der Waals surface area contributed by atoms with Gasteiger partial charge in [-0.25, -0.2) is 4.98 Å². The molecule has 8 nitrogen and oxygen atoms in total. The first-order valence-electron chi connectivity index (χ1n) is 12.7. The highest BCUT2D eigenvalue weighted by atomic mass is 32.2. The minimum atomic E-state index is -0.707. The van der Waals surface area contributed by atoms with Crippen molar-refractivity contribution in [2.24, 2.45) is 34.0 Å². The number of Topliss-reactive ketones (excluding diaryl/α,β-unsaturated/α-hetero) is 1. The minimum absolute atomic E-state index is 0.0146. The maximum atomic E-state index is 13.4. The molecule has 0 unspecified atom stereocenters. The maximum absolute atomic E-state index is 13.4. The van der Waals surface area contributed by atoms with Gasteiger partial charge in [-0.1, -0.05) is 45.5 Å². The summed E-state index contributed by atoms with van der Waals surface area (Å²) in [7, 11) is 0. The van der Waals surface area contributed by atoms with E-state index in [9.17, 15) is 24.8 Å². The van der Waals surface area contributed by atoms with Crippen LogP contribution in [0.5, 0.6) is 0 Å². The van der Waals surface area contributed by atoms with Crippen molar-refractivity contribution in [1.82, 2.24) is 4.98 Å². The van der Waals surface area contributed by atoms with Crippen LogP contribution in [0.2, 0.25) is 0 Å². The van der Waals surface area contributed by atoms with E-state index in [4.69, 9.17) is 4.74 Å². The lowest BCUT2D eigenvalue weighted by atomic mass is 9.44. The second-order valence-corrected chi connectivity index (χ2v) is 12.5. The first-order valence-corrected chi connectivity index (χ1v) is 13.6. The summed E-state index contributed by atoms with van der Waals surface area (Å²) in [5.74, 6) is -0.417. The summed E-state index contributed by atoms with van der Waals surface area (Å²) in [5, 5.41) is 22.9. The zero-order valence-corrected chi connectivity index (χ0v) is 22.3. The number of carbonyl (C=O) groups is 2. The van der Waals surface area contributed by atoms with E-state index >= 15 is 0 Å². The average molecular weight is 517 g/mol. The van der Waals surface area contributed by atoms with Gasteiger partial charge in [0.25, 0.3) is 5.69 Å². The molecule has 3 aliphatic carbocycles. The summed E-state index contributed by atoms with van der Waals surface area (Å²) in [6, 6.07) is 2.86. The number of aromatic nitrogens is 1. The number of nitrogens with zero attached hydrogens (tertiary/aromatic N) is 2. The molecule has 0 spiro atoms. The lowest BCUT2D eigenvalue weighted by Gasteiger charge is -2.61. The molecule has 4 rings (SSSR count). The Morgan fingerprint density at radius 3 is 2.69 bits per heavy atom. The Balaban J connectivity index is 1.63. The molecule has 0 aliphatic heterocycles. The number of nitro groups is 1. The number of rotatable bonds is 6. The van der Waals surface area contributed by atoms with Crippen LogP contribution in [0.4, 0.5) is 5.69 Å². The van der Waals surface area contributed by atoms with Crippen LogP contribution in [0.25, 0.3) is 0 Å². The number of aliphatic hydroxyl groups excluding tert-OH is 1. The second kappa shape index (κ2) is 9.56. The van der Waals surface area contributed by atoms with Crippen LogP contribution in [-0.2, 0) is 14.3 Å². The zero-order chi connectivity index (χ0) is 26.5. The van der Waals surface area contributed by atoms with Crippen LogP contribution in [0.1, 0.15) is 59.8 Å². The van der Waals surface area contributed by atoms with E-state index in [0.717, 1.165) is 37.2 Å². The first kappa shape index (κ1) is 26.8. The van der Waals surface area contributed by atoms with Crippen molar-refractivity contribution >= 4 is 29.2 Å². The van der Waals surface area contributed by atoms with Gasteiger partial charge in [-0.2, -0.15) is 0 Å². The quantitative estimate of drug-likeness (QED) is 0.185. The molecule has 3 fully saturated rings. The van der Waals surface area contributed by atoms with Crippen LogP contribution in [0, 0.1) is 44.1 Å². The molecule has 1 aromatic rings. The minimum Gasteiger partial charge on any atom is -0.461 e. The second-order valence-electron chi connectivity index (χ2n) is 11.5. The Labute approximate surface area is 216 Å². The molecule has 1 N–H and O–H groups in total. The lowest BCUT2D eigenvalue weighted by molar-refractivity contribution is -0.385. The molecule has 3 saturated carbocycles. The summed E-state index contributed by atoms with van der Waals surface area (Å²) >= 11 is 1.15. The predicted molar refractivity (Wildman–Crippen MR) is 136 cm³/mol. The molecule has 1 heterocycles. The number of thioether (sulfide) groups is 1. The third-order valence-electron chi connectivity index (χ3n) is 9.84. The van der Waals surface area contributed by atoms with Gasteiger partial charge in [-0.05, 0) is 49.0 Å². The summed E-state index contributed by atoms with van der Waals surface area (Å²) in [6.45, 7) is 12.3. The molecule has 36 heavy (non-hydrogen) atoms. The molecule has 0 radical (unpaired) electrons. The number of hydrogen-bond acceptors (Lipinski definition) is 8. The summed E-state index contributed by atoms with van der Waals surface area (Å²) in [6.07, 6.45) is 5.10. The van der Waals surface area contributed by atoms with Gasteiger partial charge in [0.2, 0.25) is 0 Å². The van der Waals surface area contributed by atoms with Crippen molar-refractivity contribution in [1.29, 1.82) is 0 Å². The first-order chi connectivity index (χ1) is 16.9. The molecule has 3 aliphatic rings. The van der Waals surface area contributed by atoms with E-state index in [1.165, 1.54) is 12.1 Å². The van der Waals surface area contributed by atoms with Gasteiger partial charge in [0.1, 0.15) is 18.1 Å². The van der Waals surface area contributed by atoms with Gasteiger partial charge in [0.05, 0.1) is 21.8 Å². The highest BCUT2D eigenvalue weighted by molar-refractivity contribution is 7.99. The summed E-state index contributed by atoms with van der Waals surface area (Å²) < 4.78 is 6.20. The largest absolute Gasteiger partial charge is 0.461 e. The molecular formula is C27H36N2O6S. The van der Waals surface area contributed by atoms with Gasteiger partial charge in [-0.3, -0.25) is 19.7 Å². The topological polar surface area (TPSA) is 120 Å². The van der Waals surface area contributed by atoms with Crippen LogP contribution >= 0.6 is 11.8 Å². The fourth-order valence-corrected chi connectivity index (χ4v) is 8.02. The van der Waals surface area contributed by atoms with Crippen molar-refractivity contribution in [2.75, 3.05) is 5.75 Å². The van der Waals surface area contributed by atoms with E-state index < -0.39 is 33.9 Å². The van der Waals surface area contributed by atoms with E-state index in [-0.39, 0.29) is 40.4 Å². The number of pyridine rings is 1. The Kier molecular flexibility index (Phi) is 7.11. The fourth-order valence-electron chi connectivity index (χ4n) is 7.39. The highest BCUT2D eigenvalue weighted by Crippen LogP contribution is 2.68. The van der Waals surface area contributed by atoms with Crippen molar-refractivity contribution < 1.29 is 24.4 Å². The number of hydrogen-bond donors (Lipinski definition) is 1. The van der Waals surface area contributed by atoms with Crippen molar-refractivity contribution in [3.05, 3.63) is 41.1 Å². The van der Waals surface area contributed by atoms with E-state index in [1.807, 2.05) is 6.92 Å². The Morgan fingerprint density at radius 1 is 1.36 bits per heavy atom. The van der Waals surface area contributed by atoms with Gasteiger partial charge < -0.3 is 9.84 Å². The molecule has 9 heteroatoms. The van der Waals surface area contributed by atoms with Crippen molar-refractivity contribution in [3.63, 3.8) is 0 Å². The SMILES string of the molecule is C=C[C@]1(C)C[C@@H](OC(=O)CSc2ccc([N+](=O)[O-])cn2)[C@]2(C)[C@H](C)CC[C@]3(CCC(=O)[C@H]32)[C@@H](C)[C@@H]1O. The molecule has 8 atom stereocenters. The van der Waals surface area contributed by atoms with Gasteiger partial charge in [0, 0.05) is 29.2 Å². The summed E-state index contributed by atoms with van der Waals surface area (Å²) in [5.41, 5.74) is -1.67. The monoisotopic (exact) mass is 516 g/mol. The van der Waals surface area contributed by atoms with E-state index in [1.54, 1.807) is 6.08 Å². The standard InChI is InChI=1S/C27H36N2O6S/c1-6-25(4)13-20(35-22(31)15-36-21-8-7-18(14-28-21)29(33)34)26(5)16(2)9-11-27(17(3)24(25)32)12-10-19(30)23(26)27/h6-8,14,16-17,20,23-24,32H,1,9-13,15H2,2-5H3/t16-,17+,20-,23+,24+,25-,26+,27+/m1/s1. The fraction of sp³-hybridized carbons (Fsp3) is 0.667. The van der Waals surface area contributed by atoms with Gasteiger partial charge in [-0.15, -0.1) is 6.58 Å². The smallest absolute Gasteiger partial charge is 0.316 e. The Morgan fingerprint density at radius 2 is 2.08 bits per heavy atom. The van der Waals surface area contributed by atoms with Crippen molar-refractivity contribution in [3.8, 4) is 0 Å². The van der Waals surface area contributed by atoms with E-state index in [0.29, 0.717) is 17.9 Å². The highest BCUT2D eigenvalue weighted by Gasteiger charge is 2.68. The number of aliphatic hydroxyl groups is 1. The zero-order valence-electron chi connectivity index (χ0n) is 21.4. The van der Waals surface area contributed by atoms with Crippen molar-refractivity contribution in [2.45, 2.75) is 77.0 Å². The number of ether oxygens (including phenoxy) is 1. The van der Waals surface area contributed by atoms with Crippen LogP contribution < -0.4 is 0 Å². The van der Waals surface area contributed by atoms with Crippen LogP contribution in [-0.4, -0.2) is 44.7 Å². The molecular weight excluding hydrogens is 480 g/mol. The molecule has 2 bridgehead atoms. The maximum Gasteiger partial charge on any atom is 0.316 e. The molecule has 1 aromatic heterocycles.